The quantitative estimate of drug-likeness (QED) is 0.833. The van der Waals surface area contributed by atoms with Crippen LogP contribution in [0.15, 0.2) is 30.3 Å². The molecule has 2 heteroatoms. The van der Waals surface area contributed by atoms with E-state index in [-0.39, 0.29) is 0 Å². The maximum Gasteiger partial charge on any atom is 0.0582 e. The number of piperidine rings is 1. The highest BCUT2D eigenvalue weighted by Crippen LogP contribution is 2.08. The third-order valence-electron chi connectivity index (χ3n) is 3.53. The zero-order chi connectivity index (χ0) is 13.3. The SMILES string of the molecule is CC(CN1CCCCC1)NCC#Cc1ccccc1. The largest absolute Gasteiger partial charge is 0.302 e. The summed E-state index contributed by atoms with van der Waals surface area (Å²) >= 11 is 0. The normalized spacial score (nSPS) is 17.5. The minimum Gasteiger partial charge on any atom is -0.302 e. The number of likely N-dealkylation sites (tertiary alicyclic amines) is 1. The highest BCUT2D eigenvalue weighted by atomic mass is 15.1. The number of hydrogen-bond acceptors (Lipinski definition) is 2. The van der Waals surface area contributed by atoms with Gasteiger partial charge in [-0.1, -0.05) is 36.5 Å². The third kappa shape index (κ3) is 5.46. The van der Waals surface area contributed by atoms with Gasteiger partial charge in [-0.15, -0.1) is 0 Å². The first-order valence-electron chi connectivity index (χ1n) is 7.34. The highest BCUT2D eigenvalue weighted by Gasteiger charge is 2.12. The van der Waals surface area contributed by atoms with Gasteiger partial charge in [0.25, 0.3) is 0 Å². The van der Waals surface area contributed by atoms with Crippen molar-refractivity contribution in [3.8, 4) is 11.8 Å². The number of hydrogen-bond donors (Lipinski definition) is 1. The first-order chi connectivity index (χ1) is 9.34. The fraction of sp³-hybridized carbons (Fsp3) is 0.529. The second-order valence-electron chi connectivity index (χ2n) is 5.31. The molecule has 0 spiro atoms. The number of nitrogens with one attached hydrogen (secondary N) is 1. The first kappa shape index (κ1) is 14.1. The van der Waals surface area contributed by atoms with Crippen LogP contribution in [0, 0.1) is 11.8 Å². The van der Waals surface area contributed by atoms with Crippen molar-refractivity contribution in [3.05, 3.63) is 35.9 Å². The van der Waals surface area contributed by atoms with E-state index in [2.05, 4.69) is 29.0 Å². The van der Waals surface area contributed by atoms with Crippen molar-refractivity contribution in [2.24, 2.45) is 0 Å². The molecular weight excluding hydrogens is 232 g/mol. The molecule has 1 aromatic carbocycles. The Morgan fingerprint density at radius 1 is 1.16 bits per heavy atom. The van der Waals surface area contributed by atoms with Gasteiger partial charge in [-0.25, -0.2) is 0 Å². The Balaban J connectivity index is 1.66. The molecule has 102 valence electrons. The van der Waals surface area contributed by atoms with E-state index in [1.54, 1.807) is 0 Å². The Morgan fingerprint density at radius 2 is 1.89 bits per heavy atom. The fourth-order valence-corrected chi connectivity index (χ4v) is 2.49. The molecule has 2 rings (SSSR count). The van der Waals surface area contributed by atoms with Gasteiger partial charge in [-0.05, 0) is 45.0 Å². The molecule has 1 aliphatic heterocycles. The van der Waals surface area contributed by atoms with Gasteiger partial charge in [0, 0.05) is 18.2 Å². The molecule has 1 aromatic rings. The first-order valence-corrected chi connectivity index (χ1v) is 7.34. The van der Waals surface area contributed by atoms with Gasteiger partial charge >= 0.3 is 0 Å². The molecule has 0 aromatic heterocycles. The van der Waals surface area contributed by atoms with Crippen LogP contribution in [0.2, 0.25) is 0 Å². The Kier molecular flexibility index (Phi) is 5.94. The van der Waals surface area contributed by atoms with Crippen molar-refractivity contribution in [3.63, 3.8) is 0 Å². The van der Waals surface area contributed by atoms with Gasteiger partial charge in [0.2, 0.25) is 0 Å². The average molecular weight is 256 g/mol. The van der Waals surface area contributed by atoms with Crippen molar-refractivity contribution in [1.82, 2.24) is 10.2 Å². The topological polar surface area (TPSA) is 15.3 Å². The molecule has 0 aliphatic carbocycles. The smallest absolute Gasteiger partial charge is 0.0582 e. The molecular formula is C17H24N2. The van der Waals surface area contributed by atoms with E-state index in [9.17, 15) is 0 Å². The Morgan fingerprint density at radius 3 is 2.63 bits per heavy atom. The summed E-state index contributed by atoms with van der Waals surface area (Å²) in [5, 5.41) is 3.48. The molecule has 1 aliphatic rings. The Labute approximate surface area is 117 Å². The molecule has 0 bridgehead atoms. The number of rotatable bonds is 4. The summed E-state index contributed by atoms with van der Waals surface area (Å²) in [6.07, 6.45) is 4.13. The zero-order valence-electron chi connectivity index (χ0n) is 11.9. The molecule has 1 unspecified atom stereocenters. The second-order valence-corrected chi connectivity index (χ2v) is 5.31. The van der Waals surface area contributed by atoms with Crippen LogP contribution in [0.1, 0.15) is 31.7 Å². The standard InChI is InChI=1S/C17H24N2/c1-16(15-19-13-6-3-7-14-19)18-12-8-11-17-9-4-2-5-10-17/h2,4-5,9-10,16,18H,3,6-7,12-15H2,1H3. The summed E-state index contributed by atoms with van der Waals surface area (Å²) in [7, 11) is 0. The molecule has 1 fully saturated rings. The van der Waals surface area contributed by atoms with E-state index < -0.39 is 0 Å². The molecule has 1 heterocycles. The van der Waals surface area contributed by atoms with Gasteiger partial charge < -0.3 is 10.2 Å². The predicted octanol–water partition coefficient (Wildman–Crippen LogP) is 2.50. The second kappa shape index (κ2) is 7.99. The zero-order valence-corrected chi connectivity index (χ0v) is 11.9. The van der Waals surface area contributed by atoms with Crippen molar-refractivity contribution in [2.45, 2.75) is 32.2 Å². The van der Waals surface area contributed by atoms with Crippen LogP contribution in [-0.2, 0) is 0 Å². The summed E-state index contributed by atoms with van der Waals surface area (Å²) in [6.45, 7) is 6.69. The van der Waals surface area contributed by atoms with E-state index in [1.165, 1.54) is 32.4 Å². The van der Waals surface area contributed by atoms with Crippen LogP contribution >= 0.6 is 0 Å². The summed E-state index contributed by atoms with van der Waals surface area (Å²) in [4.78, 5) is 2.56. The average Bonchev–Trinajstić information content (AvgIpc) is 2.46. The molecule has 0 radical (unpaired) electrons. The summed E-state index contributed by atoms with van der Waals surface area (Å²) in [5.74, 6) is 6.37. The molecule has 0 amide bonds. The van der Waals surface area contributed by atoms with E-state index >= 15 is 0 Å². The van der Waals surface area contributed by atoms with Crippen LogP contribution in [0.3, 0.4) is 0 Å². The fourth-order valence-electron chi connectivity index (χ4n) is 2.49. The van der Waals surface area contributed by atoms with Gasteiger partial charge in [-0.2, -0.15) is 0 Å². The Hall–Kier alpha value is -1.30. The minimum absolute atomic E-state index is 0.517. The lowest BCUT2D eigenvalue weighted by atomic mass is 10.1. The van der Waals surface area contributed by atoms with E-state index in [4.69, 9.17) is 0 Å². The van der Waals surface area contributed by atoms with Crippen molar-refractivity contribution in [2.75, 3.05) is 26.2 Å². The van der Waals surface area contributed by atoms with Crippen molar-refractivity contribution < 1.29 is 0 Å². The summed E-state index contributed by atoms with van der Waals surface area (Å²) in [5.41, 5.74) is 1.09. The maximum atomic E-state index is 3.48. The lowest BCUT2D eigenvalue weighted by Gasteiger charge is -2.29. The van der Waals surface area contributed by atoms with Gasteiger partial charge in [0.15, 0.2) is 0 Å². The highest BCUT2D eigenvalue weighted by molar-refractivity contribution is 5.33. The lowest BCUT2D eigenvalue weighted by Crippen LogP contribution is -2.41. The number of benzene rings is 1. The monoisotopic (exact) mass is 256 g/mol. The van der Waals surface area contributed by atoms with Gasteiger partial charge in [-0.3, -0.25) is 0 Å². The van der Waals surface area contributed by atoms with E-state index in [0.717, 1.165) is 18.7 Å². The van der Waals surface area contributed by atoms with Crippen LogP contribution in [-0.4, -0.2) is 37.1 Å². The van der Waals surface area contributed by atoms with Gasteiger partial charge in [0.1, 0.15) is 0 Å². The molecule has 2 nitrogen and oxygen atoms in total. The summed E-state index contributed by atoms with van der Waals surface area (Å²) < 4.78 is 0. The molecule has 1 atom stereocenters. The number of nitrogens with zero attached hydrogens (tertiary/aromatic N) is 1. The minimum atomic E-state index is 0.517. The molecule has 1 N–H and O–H groups in total. The molecule has 19 heavy (non-hydrogen) atoms. The lowest BCUT2D eigenvalue weighted by molar-refractivity contribution is 0.211. The predicted molar refractivity (Wildman–Crippen MR) is 81.1 cm³/mol. The van der Waals surface area contributed by atoms with Gasteiger partial charge in [0.05, 0.1) is 6.54 Å². The molecule has 0 saturated carbocycles. The van der Waals surface area contributed by atoms with Crippen molar-refractivity contribution in [1.29, 1.82) is 0 Å². The van der Waals surface area contributed by atoms with Crippen molar-refractivity contribution >= 4 is 0 Å². The van der Waals surface area contributed by atoms with Crippen LogP contribution < -0.4 is 5.32 Å². The van der Waals surface area contributed by atoms with E-state index in [1.807, 2.05) is 30.3 Å². The van der Waals surface area contributed by atoms with Crippen LogP contribution in [0.25, 0.3) is 0 Å². The Bertz CT molecular complexity index is 410. The van der Waals surface area contributed by atoms with E-state index in [0.29, 0.717) is 6.04 Å². The van der Waals surface area contributed by atoms with Crippen LogP contribution in [0.4, 0.5) is 0 Å². The summed E-state index contributed by atoms with van der Waals surface area (Å²) in [6, 6.07) is 10.7. The third-order valence-corrected chi connectivity index (χ3v) is 3.53. The molecule has 1 saturated heterocycles. The van der Waals surface area contributed by atoms with Crippen LogP contribution in [0.5, 0.6) is 0 Å². The maximum absolute atomic E-state index is 3.48.